The normalized spacial score (nSPS) is 15.8. The Morgan fingerprint density at radius 3 is 2.70 bits per heavy atom. The Morgan fingerprint density at radius 2 is 2.00 bits per heavy atom. The number of aromatic hydroxyl groups is 1. The second-order valence-electron chi connectivity index (χ2n) is 7.40. The zero-order chi connectivity index (χ0) is 21.3. The number of nitrogens with one attached hydrogen (secondary N) is 2. The van der Waals surface area contributed by atoms with Gasteiger partial charge in [0.25, 0.3) is 0 Å². The number of hydrogen-bond donors (Lipinski definition) is 3. The second kappa shape index (κ2) is 10.8. The van der Waals surface area contributed by atoms with Crippen LogP contribution in [0.2, 0.25) is 0 Å². The molecule has 3 N–H and O–H groups in total. The Hall–Kier alpha value is -2.80. The molecule has 1 saturated heterocycles. The number of phenols is 1. The third-order valence-corrected chi connectivity index (χ3v) is 5.30. The number of aliphatic imine (C=N–C) groups is 1. The first kappa shape index (κ1) is 21.9. The van der Waals surface area contributed by atoms with E-state index in [2.05, 4.69) is 32.7 Å². The van der Waals surface area contributed by atoms with E-state index >= 15 is 0 Å². The molecule has 1 aliphatic rings. The largest absolute Gasteiger partial charge is 0.505 e. The fourth-order valence-corrected chi connectivity index (χ4v) is 3.71. The Kier molecular flexibility index (Phi) is 7.90. The molecule has 2 aromatic rings. The Morgan fingerprint density at radius 1 is 1.20 bits per heavy atom. The summed E-state index contributed by atoms with van der Waals surface area (Å²) in [6.45, 7) is 5.90. The van der Waals surface area contributed by atoms with Crippen LogP contribution < -0.4 is 15.4 Å². The van der Waals surface area contributed by atoms with E-state index in [4.69, 9.17) is 4.74 Å². The fraction of sp³-hybridized carbons (Fsp3) is 0.435. The quantitative estimate of drug-likeness (QED) is 0.456. The van der Waals surface area contributed by atoms with Crippen molar-refractivity contribution in [3.8, 4) is 11.5 Å². The van der Waals surface area contributed by atoms with Crippen molar-refractivity contribution in [3.05, 3.63) is 59.4 Å². The summed E-state index contributed by atoms with van der Waals surface area (Å²) in [6.07, 6.45) is 2.42. The van der Waals surface area contributed by atoms with E-state index in [0.717, 1.165) is 25.4 Å². The summed E-state index contributed by atoms with van der Waals surface area (Å²) in [7, 11) is 1.68. The lowest BCUT2D eigenvalue weighted by Crippen LogP contribution is -2.42. The van der Waals surface area contributed by atoms with E-state index in [0.29, 0.717) is 24.6 Å². The third kappa shape index (κ3) is 5.86. The van der Waals surface area contributed by atoms with Gasteiger partial charge in [-0.05, 0) is 68.2 Å². The smallest absolute Gasteiger partial charge is 0.191 e. The Balaban J connectivity index is 1.72. The van der Waals surface area contributed by atoms with Crippen LogP contribution in [0, 0.1) is 5.82 Å². The summed E-state index contributed by atoms with van der Waals surface area (Å²) in [5.41, 5.74) is 1.91. The molecule has 1 fully saturated rings. The predicted octanol–water partition coefficient (Wildman–Crippen LogP) is 3.43. The average Bonchev–Trinajstić information content (AvgIpc) is 3.29. The van der Waals surface area contributed by atoms with Crippen LogP contribution >= 0.6 is 0 Å². The van der Waals surface area contributed by atoms with Gasteiger partial charge in [0.15, 0.2) is 17.5 Å². The zero-order valence-corrected chi connectivity index (χ0v) is 17.7. The van der Waals surface area contributed by atoms with Gasteiger partial charge in [0.1, 0.15) is 5.75 Å². The lowest BCUT2D eigenvalue weighted by Gasteiger charge is -2.29. The van der Waals surface area contributed by atoms with Crippen molar-refractivity contribution in [3.63, 3.8) is 0 Å². The number of rotatable bonds is 8. The topological polar surface area (TPSA) is 69.1 Å². The highest BCUT2D eigenvalue weighted by Gasteiger charge is 2.24. The Bertz CT molecular complexity index is 853. The number of hydrogen-bond acceptors (Lipinski definition) is 4. The molecule has 0 bridgehead atoms. The second-order valence-corrected chi connectivity index (χ2v) is 7.40. The molecule has 1 heterocycles. The summed E-state index contributed by atoms with van der Waals surface area (Å²) < 4.78 is 19.0. The number of guanidine groups is 1. The maximum atomic E-state index is 13.6. The molecule has 162 valence electrons. The van der Waals surface area contributed by atoms with E-state index in [1.165, 1.54) is 30.5 Å². The molecule has 0 spiro atoms. The van der Waals surface area contributed by atoms with Gasteiger partial charge in [-0.3, -0.25) is 4.90 Å². The minimum atomic E-state index is -0.632. The van der Waals surface area contributed by atoms with Crippen molar-refractivity contribution in [2.45, 2.75) is 32.4 Å². The van der Waals surface area contributed by atoms with Crippen molar-refractivity contribution in [1.29, 1.82) is 0 Å². The maximum absolute atomic E-state index is 13.6. The van der Waals surface area contributed by atoms with Crippen molar-refractivity contribution >= 4 is 5.96 Å². The highest BCUT2D eigenvalue weighted by molar-refractivity contribution is 5.79. The molecule has 7 heteroatoms. The number of nitrogens with zero attached hydrogens (tertiary/aromatic N) is 2. The minimum Gasteiger partial charge on any atom is -0.505 e. The molecule has 1 atom stereocenters. The summed E-state index contributed by atoms with van der Waals surface area (Å²) in [4.78, 5) is 7.07. The van der Waals surface area contributed by atoms with E-state index in [1.54, 1.807) is 13.2 Å². The number of benzene rings is 2. The molecule has 2 aromatic carbocycles. The van der Waals surface area contributed by atoms with Crippen molar-refractivity contribution in [2.24, 2.45) is 4.99 Å². The van der Waals surface area contributed by atoms with Crippen LogP contribution in [0.15, 0.2) is 47.5 Å². The van der Waals surface area contributed by atoms with Crippen LogP contribution in [0.25, 0.3) is 0 Å². The van der Waals surface area contributed by atoms with Gasteiger partial charge in [0, 0.05) is 13.1 Å². The summed E-state index contributed by atoms with van der Waals surface area (Å²) in [5.74, 6) is 0.553. The van der Waals surface area contributed by atoms with E-state index in [1.807, 2.05) is 19.1 Å². The van der Waals surface area contributed by atoms with E-state index in [9.17, 15) is 9.50 Å². The molecule has 6 nitrogen and oxygen atoms in total. The highest BCUT2D eigenvalue weighted by atomic mass is 19.1. The first-order valence-electron chi connectivity index (χ1n) is 10.5. The standard InChI is InChI=1S/C23H31FN4O2/c1-3-25-23(26-15-17-9-10-22(29)20(24)13-17)27-16-21(28-11-4-5-12-28)18-7-6-8-19(14-18)30-2/h6-10,13-14,21,29H,3-5,11-12,15-16H2,1-2H3,(H2,25,26,27). The van der Waals surface area contributed by atoms with Gasteiger partial charge in [-0.25, -0.2) is 9.38 Å². The molecule has 1 unspecified atom stereocenters. The Labute approximate surface area is 177 Å². The maximum Gasteiger partial charge on any atom is 0.191 e. The van der Waals surface area contributed by atoms with Gasteiger partial charge in [0.2, 0.25) is 0 Å². The van der Waals surface area contributed by atoms with Crippen molar-refractivity contribution in [2.75, 3.05) is 33.3 Å². The SMILES string of the molecule is CCNC(=NCc1ccc(O)c(F)c1)NCC(c1cccc(OC)c1)N1CCCC1. The lowest BCUT2D eigenvalue weighted by molar-refractivity contribution is 0.245. The number of methoxy groups -OCH3 is 1. The van der Waals surface area contributed by atoms with Gasteiger partial charge in [-0.2, -0.15) is 0 Å². The number of phenolic OH excluding ortho intramolecular Hbond substituents is 1. The van der Waals surface area contributed by atoms with Crippen LogP contribution in [-0.2, 0) is 6.54 Å². The fourth-order valence-electron chi connectivity index (χ4n) is 3.71. The van der Waals surface area contributed by atoms with Crippen molar-refractivity contribution < 1.29 is 14.2 Å². The molecule has 0 radical (unpaired) electrons. The first-order chi connectivity index (χ1) is 14.6. The molecular formula is C23H31FN4O2. The molecule has 30 heavy (non-hydrogen) atoms. The number of likely N-dealkylation sites (tertiary alicyclic amines) is 1. The summed E-state index contributed by atoms with van der Waals surface area (Å²) in [6, 6.07) is 12.8. The van der Waals surface area contributed by atoms with Crippen LogP contribution in [0.3, 0.4) is 0 Å². The molecule has 0 aromatic heterocycles. The van der Waals surface area contributed by atoms with Crippen LogP contribution in [0.4, 0.5) is 4.39 Å². The summed E-state index contributed by atoms with van der Waals surface area (Å²) >= 11 is 0. The molecular weight excluding hydrogens is 383 g/mol. The lowest BCUT2D eigenvalue weighted by atomic mass is 10.1. The summed E-state index contributed by atoms with van der Waals surface area (Å²) in [5, 5.41) is 16.0. The molecule has 1 aliphatic heterocycles. The van der Waals surface area contributed by atoms with Gasteiger partial charge in [0.05, 0.1) is 19.7 Å². The molecule has 0 aliphatic carbocycles. The van der Waals surface area contributed by atoms with Gasteiger partial charge >= 0.3 is 0 Å². The number of ether oxygens (including phenoxy) is 1. The molecule has 3 rings (SSSR count). The van der Waals surface area contributed by atoms with Gasteiger partial charge < -0.3 is 20.5 Å². The zero-order valence-electron chi connectivity index (χ0n) is 17.7. The third-order valence-electron chi connectivity index (χ3n) is 5.30. The van der Waals surface area contributed by atoms with Crippen LogP contribution in [0.5, 0.6) is 11.5 Å². The van der Waals surface area contributed by atoms with E-state index < -0.39 is 5.82 Å². The first-order valence-corrected chi connectivity index (χ1v) is 10.5. The van der Waals surface area contributed by atoms with E-state index in [-0.39, 0.29) is 11.8 Å². The highest BCUT2D eigenvalue weighted by Crippen LogP contribution is 2.27. The van der Waals surface area contributed by atoms with Crippen molar-refractivity contribution in [1.82, 2.24) is 15.5 Å². The van der Waals surface area contributed by atoms with Gasteiger partial charge in [-0.15, -0.1) is 0 Å². The molecule has 0 amide bonds. The van der Waals surface area contributed by atoms with Gasteiger partial charge in [-0.1, -0.05) is 18.2 Å². The average molecular weight is 415 g/mol. The number of halogens is 1. The predicted molar refractivity (Wildman–Crippen MR) is 117 cm³/mol. The monoisotopic (exact) mass is 414 g/mol. The molecule has 0 saturated carbocycles. The minimum absolute atomic E-state index is 0.206. The van der Waals surface area contributed by atoms with Crippen LogP contribution in [0.1, 0.15) is 36.9 Å². The van der Waals surface area contributed by atoms with Crippen LogP contribution in [-0.4, -0.2) is 49.3 Å².